The Hall–Kier alpha value is -1.79. The number of nitrogens with zero attached hydrogens (tertiary/aromatic N) is 1. The molecule has 1 aliphatic carbocycles. The van der Waals surface area contributed by atoms with Crippen molar-refractivity contribution in [3.05, 3.63) is 28.2 Å². The quantitative estimate of drug-likeness (QED) is 0.784. The predicted molar refractivity (Wildman–Crippen MR) is 95.7 cm³/mol. The molecular weight excluding hydrogens is 365 g/mol. The molecule has 0 radical (unpaired) electrons. The summed E-state index contributed by atoms with van der Waals surface area (Å²) >= 11 is 12.0. The van der Waals surface area contributed by atoms with Gasteiger partial charge in [-0.3, -0.25) is 14.5 Å². The molecule has 1 heterocycles. The zero-order chi connectivity index (χ0) is 18.2. The fourth-order valence-corrected chi connectivity index (χ4v) is 4.07. The number of para-hydroxylation sites is 1. The van der Waals surface area contributed by atoms with Crippen LogP contribution in [-0.4, -0.2) is 34.8 Å². The summed E-state index contributed by atoms with van der Waals surface area (Å²) in [5.74, 6) is -0.812. The van der Waals surface area contributed by atoms with E-state index in [2.05, 4.69) is 10.6 Å². The van der Waals surface area contributed by atoms with Gasteiger partial charge in [-0.2, -0.15) is 0 Å². The molecule has 4 amide bonds. The van der Waals surface area contributed by atoms with E-state index in [0.717, 1.165) is 24.2 Å². The molecule has 0 aromatic heterocycles. The van der Waals surface area contributed by atoms with E-state index < -0.39 is 17.5 Å². The van der Waals surface area contributed by atoms with Crippen molar-refractivity contribution in [1.82, 2.24) is 10.2 Å². The Morgan fingerprint density at radius 3 is 2.64 bits per heavy atom. The van der Waals surface area contributed by atoms with Gasteiger partial charge in [-0.1, -0.05) is 49.0 Å². The average molecular weight is 384 g/mol. The maximum atomic E-state index is 12.8. The van der Waals surface area contributed by atoms with Gasteiger partial charge in [-0.25, -0.2) is 4.79 Å². The van der Waals surface area contributed by atoms with Crippen molar-refractivity contribution in [2.75, 3.05) is 11.9 Å². The van der Waals surface area contributed by atoms with Gasteiger partial charge < -0.3 is 10.6 Å². The summed E-state index contributed by atoms with van der Waals surface area (Å²) in [6.07, 6.45) is 3.40. The molecule has 1 aromatic rings. The van der Waals surface area contributed by atoms with Crippen molar-refractivity contribution in [3.63, 3.8) is 0 Å². The third kappa shape index (κ3) is 3.20. The van der Waals surface area contributed by atoms with Crippen LogP contribution in [0.25, 0.3) is 0 Å². The van der Waals surface area contributed by atoms with Crippen molar-refractivity contribution >= 4 is 46.7 Å². The molecule has 1 saturated carbocycles. The van der Waals surface area contributed by atoms with Gasteiger partial charge in [0.1, 0.15) is 12.1 Å². The number of carbonyl (C=O) groups is 3. The number of hydrogen-bond donors (Lipinski definition) is 2. The number of amides is 4. The summed E-state index contributed by atoms with van der Waals surface area (Å²) in [4.78, 5) is 38.4. The van der Waals surface area contributed by atoms with Crippen molar-refractivity contribution in [2.24, 2.45) is 5.92 Å². The molecule has 1 saturated heterocycles. The van der Waals surface area contributed by atoms with E-state index in [9.17, 15) is 14.4 Å². The number of hydrogen-bond acceptors (Lipinski definition) is 3. The minimum Gasteiger partial charge on any atom is -0.323 e. The van der Waals surface area contributed by atoms with E-state index in [4.69, 9.17) is 23.2 Å². The standard InChI is InChI=1S/C17H19Cl2N3O3/c1-10-5-2-3-8-17(10)15(24)22(16(25)21-17)9-13(23)20-14-11(18)6-4-7-12(14)19/h4,6-7,10H,2-3,5,8-9H2,1H3,(H,20,23)(H,21,25)/t10-,17+/m1/s1. The average Bonchev–Trinajstić information content (AvgIpc) is 2.79. The fraction of sp³-hybridized carbons (Fsp3) is 0.471. The Morgan fingerprint density at radius 2 is 2.00 bits per heavy atom. The van der Waals surface area contributed by atoms with E-state index in [0.29, 0.717) is 6.42 Å². The molecular formula is C17H19Cl2N3O3. The number of carbonyl (C=O) groups excluding carboxylic acids is 3. The lowest BCUT2D eigenvalue weighted by Gasteiger charge is -2.36. The van der Waals surface area contributed by atoms with Crippen LogP contribution in [0, 0.1) is 5.92 Å². The second kappa shape index (κ2) is 6.84. The third-order valence-electron chi connectivity index (χ3n) is 5.03. The second-order valence-electron chi connectivity index (χ2n) is 6.58. The summed E-state index contributed by atoms with van der Waals surface area (Å²) in [6, 6.07) is 4.32. The highest BCUT2D eigenvalue weighted by Crippen LogP contribution is 2.38. The number of nitrogens with one attached hydrogen (secondary N) is 2. The second-order valence-corrected chi connectivity index (χ2v) is 7.40. The van der Waals surface area contributed by atoms with E-state index in [1.165, 1.54) is 0 Å². The normalized spacial score (nSPS) is 26.0. The van der Waals surface area contributed by atoms with Crippen LogP contribution in [0.1, 0.15) is 32.6 Å². The zero-order valence-electron chi connectivity index (χ0n) is 13.8. The minimum absolute atomic E-state index is 0.0452. The van der Waals surface area contributed by atoms with Crippen LogP contribution < -0.4 is 10.6 Å². The first-order valence-corrected chi connectivity index (χ1v) is 8.99. The van der Waals surface area contributed by atoms with Gasteiger partial charge in [-0.05, 0) is 30.9 Å². The van der Waals surface area contributed by atoms with Gasteiger partial charge in [0.2, 0.25) is 5.91 Å². The number of benzene rings is 1. The largest absolute Gasteiger partial charge is 0.325 e. The van der Waals surface area contributed by atoms with Crippen LogP contribution >= 0.6 is 23.2 Å². The molecule has 2 N–H and O–H groups in total. The molecule has 0 unspecified atom stereocenters. The van der Waals surface area contributed by atoms with Crippen LogP contribution in [0.5, 0.6) is 0 Å². The van der Waals surface area contributed by atoms with Gasteiger partial charge >= 0.3 is 6.03 Å². The Labute approximate surface area is 155 Å². The number of urea groups is 1. The Morgan fingerprint density at radius 1 is 1.32 bits per heavy atom. The first-order chi connectivity index (χ1) is 11.8. The van der Waals surface area contributed by atoms with E-state index >= 15 is 0 Å². The lowest BCUT2D eigenvalue weighted by atomic mass is 9.73. The summed E-state index contributed by atoms with van der Waals surface area (Å²) in [6.45, 7) is 1.59. The Balaban J connectivity index is 1.73. The first-order valence-electron chi connectivity index (χ1n) is 8.23. The van der Waals surface area contributed by atoms with Gasteiger partial charge in [-0.15, -0.1) is 0 Å². The molecule has 0 bridgehead atoms. The monoisotopic (exact) mass is 383 g/mol. The molecule has 1 aliphatic heterocycles. The van der Waals surface area contributed by atoms with E-state index in [1.54, 1.807) is 18.2 Å². The lowest BCUT2D eigenvalue weighted by molar-refractivity contribution is -0.136. The zero-order valence-corrected chi connectivity index (χ0v) is 15.3. The summed E-state index contributed by atoms with van der Waals surface area (Å²) in [5, 5.41) is 5.96. The van der Waals surface area contributed by atoms with Crippen molar-refractivity contribution in [3.8, 4) is 0 Å². The maximum Gasteiger partial charge on any atom is 0.325 e. The lowest BCUT2D eigenvalue weighted by Crippen LogP contribution is -2.54. The first kappa shape index (κ1) is 18.0. The van der Waals surface area contributed by atoms with Gasteiger partial charge in [0.25, 0.3) is 5.91 Å². The molecule has 1 spiro atoms. The summed E-state index contributed by atoms with van der Waals surface area (Å²) in [7, 11) is 0. The Bertz CT molecular complexity index is 720. The van der Waals surface area contributed by atoms with Crippen LogP contribution in [0.3, 0.4) is 0 Å². The summed E-state index contributed by atoms with van der Waals surface area (Å²) < 4.78 is 0. The number of rotatable bonds is 3. The molecule has 3 rings (SSSR count). The topological polar surface area (TPSA) is 78.5 Å². The SMILES string of the molecule is C[C@@H]1CCCC[C@]12NC(=O)N(CC(=O)Nc1c(Cl)cccc1Cl)C2=O. The van der Waals surface area contributed by atoms with E-state index in [1.807, 2.05) is 6.92 Å². The van der Waals surface area contributed by atoms with Gasteiger partial charge in [0, 0.05) is 0 Å². The number of halogens is 2. The van der Waals surface area contributed by atoms with E-state index in [-0.39, 0.29) is 34.1 Å². The molecule has 2 atom stereocenters. The Kier molecular flexibility index (Phi) is 4.93. The molecule has 134 valence electrons. The molecule has 25 heavy (non-hydrogen) atoms. The minimum atomic E-state index is -0.877. The highest BCUT2D eigenvalue weighted by Gasteiger charge is 2.55. The predicted octanol–water partition coefficient (Wildman–Crippen LogP) is 3.43. The maximum absolute atomic E-state index is 12.8. The molecule has 6 nitrogen and oxygen atoms in total. The highest BCUT2D eigenvalue weighted by molar-refractivity contribution is 6.39. The van der Waals surface area contributed by atoms with Crippen molar-refractivity contribution in [1.29, 1.82) is 0 Å². The van der Waals surface area contributed by atoms with Crippen molar-refractivity contribution < 1.29 is 14.4 Å². The molecule has 2 fully saturated rings. The van der Waals surface area contributed by atoms with Crippen LogP contribution in [0.15, 0.2) is 18.2 Å². The van der Waals surface area contributed by atoms with Gasteiger partial charge in [0.15, 0.2) is 0 Å². The van der Waals surface area contributed by atoms with Gasteiger partial charge in [0.05, 0.1) is 15.7 Å². The number of anilines is 1. The van der Waals surface area contributed by atoms with Crippen molar-refractivity contribution in [2.45, 2.75) is 38.1 Å². The van der Waals surface area contributed by atoms with Crippen LogP contribution in [0.4, 0.5) is 10.5 Å². The third-order valence-corrected chi connectivity index (χ3v) is 5.66. The molecule has 1 aromatic carbocycles. The fourth-order valence-electron chi connectivity index (χ4n) is 3.58. The van der Waals surface area contributed by atoms with Crippen LogP contribution in [-0.2, 0) is 9.59 Å². The highest BCUT2D eigenvalue weighted by atomic mass is 35.5. The molecule has 2 aliphatic rings. The molecule has 8 heteroatoms. The van der Waals surface area contributed by atoms with Crippen LogP contribution in [0.2, 0.25) is 10.0 Å². The smallest absolute Gasteiger partial charge is 0.323 e. The number of imide groups is 1. The summed E-state index contributed by atoms with van der Waals surface area (Å²) in [5.41, 5.74) is -0.610.